The molecule has 3 aromatic rings. The highest BCUT2D eigenvalue weighted by Crippen LogP contribution is 2.41. The third kappa shape index (κ3) is 8.10. The number of carboxylic acid groups (broad SMARTS) is 1. The molecule has 5 rings (SSSR count). The number of hydrogen-bond acceptors (Lipinski definition) is 12. The molecule has 19 nitrogen and oxygen atoms in total. The fraction of sp³-hybridized carbons (Fsp3) is 0.241. The third-order valence-electron chi connectivity index (χ3n) is 7.92. The number of benzene rings is 2. The van der Waals surface area contributed by atoms with E-state index in [1.165, 1.54) is 24.5 Å². The number of nitrogens with zero attached hydrogens (tertiary/aromatic N) is 3. The summed E-state index contributed by atoms with van der Waals surface area (Å²) in [4.78, 5) is 68.1. The highest BCUT2D eigenvalue weighted by atomic mass is 35.5. The number of urea groups is 3. The molecular formula is C29H27BClF2N7O12S. The van der Waals surface area contributed by atoms with Crippen LogP contribution in [-0.2, 0) is 21.2 Å². The van der Waals surface area contributed by atoms with E-state index < -0.39 is 130 Å². The normalized spacial score (nSPS) is 16.0. The van der Waals surface area contributed by atoms with Crippen molar-refractivity contribution in [2.24, 2.45) is 0 Å². The van der Waals surface area contributed by atoms with Gasteiger partial charge in [0.15, 0.2) is 17.3 Å². The number of nitrogens with one attached hydrogen (secondary N) is 4. The van der Waals surface area contributed by atoms with Gasteiger partial charge >= 0.3 is 31.2 Å². The van der Waals surface area contributed by atoms with Gasteiger partial charge in [0.2, 0.25) is 15.9 Å². The Morgan fingerprint density at radius 1 is 1.08 bits per heavy atom. The first-order valence-electron chi connectivity index (χ1n) is 15.2. The number of imide groups is 1. The zero-order chi connectivity index (χ0) is 38.8. The van der Waals surface area contributed by atoms with Crippen LogP contribution in [0.25, 0.3) is 0 Å². The molecule has 0 radical (unpaired) electrons. The van der Waals surface area contributed by atoms with Gasteiger partial charge in [-0.2, -0.15) is 0 Å². The van der Waals surface area contributed by atoms with E-state index in [-0.39, 0.29) is 12.0 Å². The Kier molecular flexibility index (Phi) is 11.1. The van der Waals surface area contributed by atoms with Gasteiger partial charge in [0.25, 0.3) is 0 Å². The van der Waals surface area contributed by atoms with Crippen molar-refractivity contribution in [3.05, 3.63) is 76.1 Å². The van der Waals surface area contributed by atoms with Crippen molar-refractivity contribution in [2.45, 2.75) is 18.4 Å². The number of pyridine rings is 1. The van der Waals surface area contributed by atoms with Gasteiger partial charge in [-0.25, -0.2) is 45.6 Å². The molecule has 2 aliphatic rings. The van der Waals surface area contributed by atoms with Crippen LogP contribution in [0.15, 0.2) is 42.7 Å². The van der Waals surface area contributed by atoms with Crippen LogP contribution >= 0.6 is 11.6 Å². The molecule has 280 valence electrons. The number of aromatic carboxylic acids is 1. The standard InChI is InChI=1S/C29H27BClF2N7O12S/c31-20-15(12-17(33)22(41)23(20)42)21(25(43)37-18-11-13-1-2-16(32)19(26(44)45)24(13)52-30(18)49)38-28(47)39-8-9-40(29(39)48)53(50,51)10-7-35-27(46)36-14-3-5-34-6-4-14/h1-6,12,18,21,41-42,49H,7-11H2,(H,37,43)(H,38,47)(H,44,45)(H2,34,35,36,46). The van der Waals surface area contributed by atoms with Crippen LogP contribution in [0.1, 0.15) is 27.5 Å². The van der Waals surface area contributed by atoms with Crippen LogP contribution in [0.5, 0.6) is 17.2 Å². The highest BCUT2D eigenvalue weighted by Gasteiger charge is 2.43. The van der Waals surface area contributed by atoms with Crippen LogP contribution < -0.4 is 25.9 Å². The Labute approximate surface area is 302 Å². The minimum Gasteiger partial charge on any atom is -0.534 e. The maximum atomic E-state index is 14.6. The van der Waals surface area contributed by atoms with Gasteiger partial charge in [-0.1, -0.05) is 17.7 Å². The molecule has 7 amide bonds. The number of carboxylic acids is 1. The van der Waals surface area contributed by atoms with Gasteiger partial charge in [0.05, 0.1) is 29.8 Å². The van der Waals surface area contributed by atoms with Crippen LogP contribution in [0.2, 0.25) is 5.02 Å². The Balaban J connectivity index is 1.31. The lowest BCUT2D eigenvalue weighted by atomic mass is 9.72. The maximum absolute atomic E-state index is 14.6. The molecule has 0 bridgehead atoms. The van der Waals surface area contributed by atoms with Gasteiger partial charge in [-0.3, -0.25) is 9.78 Å². The fourth-order valence-corrected chi connectivity index (χ4v) is 6.85. The molecule has 2 atom stereocenters. The molecule has 1 aromatic heterocycles. The van der Waals surface area contributed by atoms with Gasteiger partial charge < -0.3 is 46.3 Å². The predicted octanol–water partition coefficient (Wildman–Crippen LogP) is 0.902. The molecule has 2 unspecified atom stereocenters. The van der Waals surface area contributed by atoms with E-state index in [9.17, 15) is 61.5 Å². The molecule has 1 fully saturated rings. The van der Waals surface area contributed by atoms with E-state index in [1.807, 2.05) is 0 Å². The average molecular weight is 782 g/mol. The monoisotopic (exact) mass is 781 g/mol. The minimum atomic E-state index is -4.43. The molecule has 1 saturated heterocycles. The number of amides is 7. The number of aromatic nitrogens is 1. The zero-order valence-electron chi connectivity index (χ0n) is 26.7. The van der Waals surface area contributed by atoms with Crippen LogP contribution in [-0.4, -0.2) is 111 Å². The zero-order valence-corrected chi connectivity index (χ0v) is 28.3. The molecule has 3 heterocycles. The summed E-state index contributed by atoms with van der Waals surface area (Å²) in [7, 11) is -6.43. The molecule has 0 aliphatic carbocycles. The number of phenols is 2. The lowest BCUT2D eigenvalue weighted by Gasteiger charge is -2.31. The Bertz CT molecular complexity index is 2100. The summed E-state index contributed by atoms with van der Waals surface area (Å²) >= 11 is 6.10. The van der Waals surface area contributed by atoms with E-state index in [0.717, 1.165) is 12.1 Å². The van der Waals surface area contributed by atoms with Crippen molar-refractivity contribution in [2.75, 3.05) is 30.7 Å². The SMILES string of the molecule is O=C(NCCS(=O)(=O)N1CCN(C(=O)NC(C(=O)NC2Cc3ccc(F)c(C(=O)O)c3OB2O)c2cc(F)c(O)c(O)c2Cl)C1=O)Nc1ccncc1. The van der Waals surface area contributed by atoms with Gasteiger partial charge in [0.1, 0.15) is 23.2 Å². The summed E-state index contributed by atoms with van der Waals surface area (Å²) in [5.74, 6) is -10.9. The van der Waals surface area contributed by atoms with Crippen molar-refractivity contribution >= 4 is 64.4 Å². The smallest absolute Gasteiger partial charge is 0.534 e. The van der Waals surface area contributed by atoms with Crippen molar-refractivity contribution in [3.8, 4) is 17.2 Å². The summed E-state index contributed by atoms with van der Waals surface area (Å²) in [6.07, 6.45) is 2.47. The first kappa shape index (κ1) is 38.3. The Hall–Kier alpha value is -5.94. The molecule has 53 heavy (non-hydrogen) atoms. The molecule has 8 N–H and O–H groups in total. The summed E-state index contributed by atoms with van der Waals surface area (Å²) in [6.45, 7) is -1.51. The lowest BCUT2D eigenvalue weighted by Crippen LogP contribution is -2.56. The number of anilines is 1. The van der Waals surface area contributed by atoms with Crippen molar-refractivity contribution in [1.29, 1.82) is 0 Å². The molecule has 0 saturated carbocycles. The number of phenolic OH excluding ortho intramolecular Hbond substituents is 2. The van der Waals surface area contributed by atoms with Gasteiger partial charge in [0, 0.05) is 30.2 Å². The first-order chi connectivity index (χ1) is 25.0. The van der Waals surface area contributed by atoms with E-state index >= 15 is 0 Å². The first-order valence-corrected chi connectivity index (χ1v) is 17.2. The average Bonchev–Trinajstić information content (AvgIpc) is 3.50. The van der Waals surface area contributed by atoms with Crippen molar-refractivity contribution < 1.29 is 66.2 Å². The second kappa shape index (κ2) is 15.4. The quantitative estimate of drug-likeness (QED) is 0.105. The van der Waals surface area contributed by atoms with Crippen LogP contribution in [0.4, 0.5) is 28.9 Å². The predicted molar refractivity (Wildman–Crippen MR) is 177 cm³/mol. The molecular weight excluding hydrogens is 755 g/mol. The summed E-state index contributed by atoms with van der Waals surface area (Å²) in [6, 6.07) is -0.232. The second-order valence-electron chi connectivity index (χ2n) is 11.3. The van der Waals surface area contributed by atoms with Crippen molar-refractivity contribution in [3.63, 3.8) is 0 Å². The third-order valence-corrected chi connectivity index (χ3v) is 10.1. The Morgan fingerprint density at radius 2 is 1.77 bits per heavy atom. The molecule has 2 aromatic carbocycles. The molecule has 24 heteroatoms. The van der Waals surface area contributed by atoms with E-state index in [2.05, 4.69) is 26.3 Å². The van der Waals surface area contributed by atoms with E-state index in [1.54, 1.807) is 0 Å². The van der Waals surface area contributed by atoms with Crippen LogP contribution in [0, 0.1) is 11.6 Å². The van der Waals surface area contributed by atoms with E-state index in [0.29, 0.717) is 21.0 Å². The van der Waals surface area contributed by atoms with Gasteiger partial charge in [-0.05, 0) is 36.2 Å². The van der Waals surface area contributed by atoms with E-state index in [4.69, 9.17) is 16.3 Å². The number of carbonyl (C=O) groups is 5. The number of sulfonamides is 1. The number of hydrogen-bond donors (Lipinski definition) is 8. The van der Waals surface area contributed by atoms with Gasteiger partial charge in [-0.15, -0.1) is 0 Å². The second-order valence-corrected chi connectivity index (χ2v) is 13.7. The number of carbonyl (C=O) groups excluding carboxylic acids is 4. The largest absolute Gasteiger partial charge is 0.547 e. The summed E-state index contributed by atoms with van der Waals surface area (Å²) < 4.78 is 60.3. The Morgan fingerprint density at radius 3 is 2.45 bits per heavy atom. The number of aromatic hydroxyl groups is 2. The molecule has 2 aliphatic heterocycles. The number of rotatable bonds is 10. The fourth-order valence-electron chi connectivity index (χ4n) is 5.32. The topological polar surface area (TPSA) is 277 Å². The summed E-state index contributed by atoms with van der Waals surface area (Å²) in [5, 5.41) is 48.3. The number of halogens is 3. The number of fused-ring (bicyclic) bond motifs is 1. The molecule has 0 spiro atoms. The minimum absolute atomic E-state index is 0.0416. The highest BCUT2D eigenvalue weighted by molar-refractivity contribution is 7.89. The lowest BCUT2D eigenvalue weighted by molar-refractivity contribution is -0.123. The summed E-state index contributed by atoms with van der Waals surface area (Å²) in [5.41, 5.74) is -1.14. The van der Waals surface area contributed by atoms with Crippen molar-refractivity contribution in [1.82, 2.24) is 30.1 Å². The van der Waals surface area contributed by atoms with Crippen LogP contribution in [0.3, 0.4) is 0 Å². The maximum Gasteiger partial charge on any atom is 0.547 e.